The van der Waals surface area contributed by atoms with E-state index in [-0.39, 0.29) is 6.10 Å². The first-order valence-corrected chi connectivity index (χ1v) is 7.30. The van der Waals surface area contributed by atoms with E-state index in [0.29, 0.717) is 5.92 Å². The number of nitrogens with one attached hydrogen (secondary N) is 3. The van der Waals surface area contributed by atoms with Crippen LogP contribution in [0.1, 0.15) is 6.42 Å². The van der Waals surface area contributed by atoms with Gasteiger partial charge in [-0.05, 0) is 12.6 Å². The van der Waals surface area contributed by atoms with Gasteiger partial charge in [-0.15, -0.1) is 0 Å². The van der Waals surface area contributed by atoms with Crippen LogP contribution in [0.3, 0.4) is 0 Å². The summed E-state index contributed by atoms with van der Waals surface area (Å²) >= 11 is 1.87. The molecular weight excluding hydrogens is 246 g/mol. The molecule has 2 atom stereocenters. The molecule has 1 fully saturated rings. The summed E-state index contributed by atoms with van der Waals surface area (Å²) in [6.07, 6.45) is 9.75. The molecule has 98 valence electrons. The topological polar surface area (TPSA) is 45.3 Å². The summed E-state index contributed by atoms with van der Waals surface area (Å²) in [5.41, 5.74) is 0. The summed E-state index contributed by atoms with van der Waals surface area (Å²) in [7, 11) is 0. The average Bonchev–Trinajstić information content (AvgIpc) is 2.49. The minimum Gasteiger partial charge on any atom is -0.391 e. The van der Waals surface area contributed by atoms with E-state index in [9.17, 15) is 0 Å². The molecule has 3 heterocycles. The number of rotatable bonds is 2. The molecule has 0 bridgehead atoms. The molecule has 3 rings (SSSR count). The Hall–Kier alpha value is -0.910. The fourth-order valence-corrected chi connectivity index (χ4v) is 3.49. The molecule has 3 aliphatic heterocycles. The van der Waals surface area contributed by atoms with Crippen LogP contribution >= 0.6 is 11.8 Å². The Morgan fingerprint density at radius 3 is 2.94 bits per heavy atom. The molecule has 0 aromatic carbocycles. The second-order valence-corrected chi connectivity index (χ2v) is 5.82. The van der Waals surface area contributed by atoms with Gasteiger partial charge in [-0.3, -0.25) is 0 Å². The predicted octanol–water partition coefficient (Wildman–Crippen LogP) is 1.12. The van der Waals surface area contributed by atoms with Crippen molar-refractivity contribution in [1.29, 1.82) is 0 Å². The first-order valence-electron chi connectivity index (χ1n) is 6.48. The third-order valence-electron chi connectivity index (χ3n) is 3.35. The molecular formula is C13H19N3OS. The van der Waals surface area contributed by atoms with Crippen LogP contribution < -0.4 is 16.0 Å². The molecule has 0 radical (unpaired) electrons. The highest BCUT2D eigenvalue weighted by molar-refractivity contribution is 8.06. The smallest absolute Gasteiger partial charge is 0.103 e. The second-order valence-electron chi connectivity index (χ2n) is 4.67. The fraction of sp³-hybridized carbons (Fsp3) is 0.538. The van der Waals surface area contributed by atoms with E-state index in [2.05, 4.69) is 34.4 Å². The zero-order valence-electron chi connectivity index (χ0n) is 10.3. The van der Waals surface area contributed by atoms with Crippen molar-refractivity contribution in [1.82, 2.24) is 16.0 Å². The molecule has 0 amide bonds. The Kier molecular flexibility index (Phi) is 3.93. The molecule has 3 N–H and O–H groups in total. The third kappa shape index (κ3) is 2.74. The van der Waals surface area contributed by atoms with Gasteiger partial charge in [0.05, 0.1) is 6.61 Å². The van der Waals surface area contributed by atoms with Gasteiger partial charge in [0.25, 0.3) is 0 Å². The predicted molar refractivity (Wildman–Crippen MR) is 74.8 cm³/mol. The zero-order chi connectivity index (χ0) is 12.2. The van der Waals surface area contributed by atoms with Gasteiger partial charge in [-0.2, -0.15) is 0 Å². The van der Waals surface area contributed by atoms with Crippen molar-refractivity contribution >= 4 is 11.8 Å². The normalized spacial score (nSPS) is 32.0. The van der Waals surface area contributed by atoms with Crippen LogP contribution in [-0.4, -0.2) is 32.3 Å². The number of hydrogen-bond acceptors (Lipinski definition) is 5. The van der Waals surface area contributed by atoms with E-state index < -0.39 is 0 Å². The molecule has 0 spiro atoms. The molecule has 4 nitrogen and oxygen atoms in total. The van der Waals surface area contributed by atoms with Crippen molar-refractivity contribution in [2.24, 2.45) is 5.92 Å². The van der Waals surface area contributed by atoms with E-state index in [0.717, 1.165) is 32.7 Å². The Morgan fingerprint density at radius 1 is 1.22 bits per heavy atom. The van der Waals surface area contributed by atoms with Crippen LogP contribution in [0.2, 0.25) is 0 Å². The van der Waals surface area contributed by atoms with Crippen molar-refractivity contribution < 1.29 is 4.74 Å². The lowest BCUT2D eigenvalue weighted by Crippen LogP contribution is -2.39. The maximum absolute atomic E-state index is 5.80. The van der Waals surface area contributed by atoms with Crippen molar-refractivity contribution in [3.8, 4) is 0 Å². The Balaban J connectivity index is 1.62. The van der Waals surface area contributed by atoms with Crippen LogP contribution in [0.15, 0.2) is 34.5 Å². The van der Waals surface area contributed by atoms with Crippen LogP contribution in [0.5, 0.6) is 0 Å². The molecule has 1 saturated heterocycles. The Bertz CT molecular complexity index is 386. The van der Waals surface area contributed by atoms with Crippen molar-refractivity contribution in [2.75, 3.05) is 26.2 Å². The van der Waals surface area contributed by atoms with E-state index in [1.807, 2.05) is 18.0 Å². The lowest BCUT2D eigenvalue weighted by atomic mass is 10.0. The largest absolute Gasteiger partial charge is 0.391 e. The van der Waals surface area contributed by atoms with Crippen molar-refractivity contribution in [3.63, 3.8) is 0 Å². The number of morpholine rings is 1. The van der Waals surface area contributed by atoms with Crippen LogP contribution in [0, 0.1) is 5.92 Å². The average molecular weight is 265 g/mol. The summed E-state index contributed by atoms with van der Waals surface area (Å²) in [4.78, 5) is 2.69. The number of allylic oxidation sites excluding steroid dienone is 1. The number of thioether (sulfide) groups is 1. The standard InChI is InChI=1S/C13H19N3OS/c1-2-10(6-14-3-1)12-8-16-9-13(18-12)11-7-15-4-5-17-11/h1,3,8-11,14-16H,2,4-7H2. The number of hydrogen-bond donors (Lipinski definition) is 3. The van der Waals surface area contributed by atoms with Gasteiger partial charge in [-0.1, -0.05) is 17.8 Å². The van der Waals surface area contributed by atoms with Gasteiger partial charge >= 0.3 is 0 Å². The molecule has 18 heavy (non-hydrogen) atoms. The minimum atomic E-state index is 0.201. The van der Waals surface area contributed by atoms with E-state index in [4.69, 9.17) is 4.74 Å². The summed E-state index contributed by atoms with van der Waals surface area (Å²) in [6, 6.07) is 0. The minimum absolute atomic E-state index is 0.201. The molecule has 5 heteroatoms. The Labute approximate surface area is 112 Å². The van der Waals surface area contributed by atoms with Crippen LogP contribution in [0.25, 0.3) is 0 Å². The van der Waals surface area contributed by atoms with Gasteiger partial charge < -0.3 is 20.7 Å². The molecule has 0 saturated carbocycles. The first kappa shape index (κ1) is 12.1. The zero-order valence-corrected chi connectivity index (χ0v) is 11.1. The molecule has 0 aromatic heterocycles. The lowest BCUT2D eigenvalue weighted by Gasteiger charge is -2.30. The van der Waals surface area contributed by atoms with Crippen LogP contribution in [0.4, 0.5) is 0 Å². The first-order chi connectivity index (χ1) is 8.93. The maximum atomic E-state index is 5.80. The van der Waals surface area contributed by atoms with Gasteiger partial charge in [0.2, 0.25) is 0 Å². The van der Waals surface area contributed by atoms with E-state index >= 15 is 0 Å². The highest BCUT2D eigenvalue weighted by atomic mass is 32.2. The molecule has 3 aliphatic rings. The van der Waals surface area contributed by atoms with Gasteiger partial charge in [0, 0.05) is 47.8 Å². The van der Waals surface area contributed by atoms with E-state index in [1.54, 1.807) is 0 Å². The van der Waals surface area contributed by atoms with Gasteiger partial charge in [0.1, 0.15) is 6.10 Å². The third-order valence-corrected chi connectivity index (χ3v) is 4.66. The van der Waals surface area contributed by atoms with Crippen molar-refractivity contribution in [3.05, 3.63) is 34.5 Å². The Morgan fingerprint density at radius 2 is 2.17 bits per heavy atom. The van der Waals surface area contributed by atoms with Crippen LogP contribution in [-0.2, 0) is 4.74 Å². The highest BCUT2D eigenvalue weighted by Gasteiger charge is 2.25. The SMILES string of the molecule is C1=CNCC(C2=CNC=C(C3CNCCO3)S2)C1. The molecule has 2 unspecified atom stereocenters. The number of ether oxygens (including phenoxy) is 1. The summed E-state index contributed by atoms with van der Waals surface area (Å²) in [5.74, 6) is 0.577. The quantitative estimate of drug-likeness (QED) is 0.698. The van der Waals surface area contributed by atoms with Gasteiger partial charge in [-0.25, -0.2) is 0 Å². The van der Waals surface area contributed by atoms with E-state index in [1.165, 1.54) is 9.81 Å². The second kappa shape index (κ2) is 5.82. The molecule has 0 aromatic rings. The molecule has 0 aliphatic carbocycles. The fourth-order valence-electron chi connectivity index (χ4n) is 2.33. The van der Waals surface area contributed by atoms with Gasteiger partial charge in [0.15, 0.2) is 0 Å². The lowest BCUT2D eigenvalue weighted by molar-refractivity contribution is 0.0566. The van der Waals surface area contributed by atoms with Crippen molar-refractivity contribution in [2.45, 2.75) is 12.5 Å². The monoisotopic (exact) mass is 265 g/mol. The maximum Gasteiger partial charge on any atom is 0.103 e. The highest BCUT2D eigenvalue weighted by Crippen LogP contribution is 2.37. The summed E-state index contributed by atoms with van der Waals surface area (Å²) < 4.78 is 5.80. The summed E-state index contributed by atoms with van der Waals surface area (Å²) in [6.45, 7) is 3.70. The summed E-state index contributed by atoms with van der Waals surface area (Å²) in [5, 5.41) is 9.95.